The van der Waals surface area contributed by atoms with E-state index >= 15 is 0 Å². The third-order valence-electron chi connectivity index (χ3n) is 5.54. The third-order valence-corrected chi connectivity index (χ3v) is 5.79. The molecule has 9 heteroatoms. The van der Waals surface area contributed by atoms with Crippen LogP contribution >= 0.6 is 11.6 Å². The molecule has 3 unspecified atom stereocenters. The number of hydrogen-bond donors (Lipinski definition) is 3. The predicted molar refractivity (Wildman–Crippen MR) is 116 cm³/mol. The molecule has 0 radical (unpaired) electrons. The Hall–Kier alpha value is -2.87. The number of nitrogens with zero attached hydrogens (tertiary/aromatic N) is 2. The SMILES string of the molecule is CC1CC(C)CN(c2nc3c(c(=O)[nH]2)C(C(=O)Nc2ccc(Cl)cc2)CC(=O)N3)C1. The average molecular weight is 430 g/mol. The van der Waals surface area contributed by atoms with Gasteiger partial charge in [0, 0.05) is 30.2 Å². The molecule has 1 aromatic heterocycles. The van der Waals surface area contributed by atoms with Crippen molar-refractivity contribution in [3.63, 3.8) is 0 Å². The first kappa shape index (κ1) is 20.4. The van der Waals surface area contributed by atoms with E-state index in [9.17, 15) is 14.4 Å². The molecule has 0 spiro atoms. The monoisotopic (exact) mass is 429 g/mol. The summed E-state index contributed by atoms with van der Waals surface area (Å²) in [5, 5.41) is 5.96. The van der Waals surface area contributed by atoms with Crippen molar-refractivity contribution in [2.45, 2.75) is 32.6 Å². The van der Waals surface area contributed by atoms with Gasteiger partial charge in [-0.05, 0) is 42.5 Å². The van der Waals surface area contributed by atoms with E-state index in [4.69, 9.17) is 11.6 Å². The van der Waals surface area contributed by atoms with Crippen LogP contribution in [0.2, 0.25) is 5.02 Å². The van der Waals surface area contributed by atoms with Crippen molar-refractivity contribution >= 4 is 40.9 Å². The fourth-order valence-corrected chi connectivity index (χ4v) is 4.46. The Balaban J connectivity index is 1.64. The number of aromatic nitrogens is 2. The number of nitrogens with one attached hydrogen (secondary N) is 3. The van der Waals surface area contributed by atoms with E-state index in [0.717, 1.165) is 19.5 Å². The molecule has 4 rings (SSSR count). The van der Waals surface area contributed by atoms with E-state index < -0.39 is 17.4 Å². The number of anilines is 3. The number of piperidine rings is 1. The topological polar surface area (TPSA) is 107 Å². The minimum absolute atomic E-state index is 0.117. The number of fused-ring (bicyclic) bond motifs is 1. The van der Waals surface area contributed by atoms with Crippen molar-refractivity contribution in [1.82, 2.24) is 9.97 Å². The van der Waals surface area contributed by atoms with Crippen molar-refractivity contribution in [1.29, 1.82) is 0 Å². The van der Waals surface area contributed by atoms with Crippen LogP contribution in [-0.2, 0) is 9.59 Å². The first-order valence-corrected chi connectivity index (χ1v) is 10.4. The van der Waals surface area contributed by atoms with Crippen LogP contribution in [0.15, 0.2) is 29.1 Å². The van der Waals surface area contributed by atoms with Crippen LogP contribution < -0.4 is 21.1 Å². The lowest BCUT2D eigenvalue weighted by Crippen LogP contribution is -2.42. The van der Waals surface area contributed by atoms with Gasteiger partial charge in [0.15, 0.2) is 0 Å². The van der Waals surface area contributed by atoms with Gasteiger partial charge in [-0.25, -0.2) is 0 Å². The van der Waals surface area contributed by atoms with E-state index in [1.54, 1.807) is 24.3 Å². The molecule has 2 amide bonds. The lowest BCUT2D eigenvalue weighted by molar-refractivity contribution is -0.123. The highest BCUT2D eigenvalue weighted by Gasteiger charge is 2.35. The Bertz CT molecular complexity index is 1030. The number of hydrogen-bond acceptors (Lipinski definition) is 5. The van der Waals surface area contributed by atoms with Crippen LogP contribution in [-0.4, -0.2) is 34.9 Å². The molecule has 0 aliphatic carbocycles. The van der Waals surface area contributed by atoms with Crippen molar-refractivity contribution < 1.29 is 9.59 Å². The Morgan fingerprint density at radius 1 is 1.17 bits per heavy atom. The maximum Gasteiger partial charge on any atom is 0.258 e. The van der Waals surface area contributed by atoms with E-state index in [1.165, 1.54) is 0 Å². The normalized spacial score (nSPS) is 23.5. The number of carbonyl (C=O) groups is 2. The van der Waals surface area contributed by atoms with Gasteiger partial charge in [0.25, 0.3) is 5.56 Å². The highest BCUT2D eigenvalue weighted by atomic mass is 35.5. The van der Waals surface area contributed by atoms with Crippen molar-refractivity contribution in [3.05, 3.63) is 45.2 Å². The summed E-state index contributed by atoms with van der Waals surface area (Å²) < 4.78 is 0. The lowest BCUT2D eigenvalue weighted by atomic mass is 9.91. The zero-order valence-electron chi connectivity index (χ0n) is 16.9. The van der Waals surface area contributed by atoms with Gasteiger partial charge in [-0.1, -0.05) is 25.4 Å². The van der Waals surface area contributed by atoms with Crippen LogP contribution in [0, 0.1) is 11.8 Å². The van der Waals surface area contributed by atoms with Gasteiger partial charge in [-0.15, -0.1) is 0 Å². The van der Waals surface area contributed by atoms with Gasteiger partial charge in [-0.2, -0.15) is 4.98 Å². The maximum atomic E-state index is 12.9. The molecule has 3 N–H and O–H groups in total. The molecule has 1 fully saturated rings. The fourth-order valence-electron chi connectivity index (χ4n) is 4.33. The molecular weight excluding hydrogens is 406 g/mol. The van der Waals surface area contributed by atoms with Crippen LogP contribution in [0.5, 0.6) is 0 Å². The second-order valence-electron chi connectivity index (χ2n) is 8.30. The summed E-state index contributed by atoms with van der Waals surface area (Å²) in [6.07, 6.45) is 1.00. The standard InChI is InChI=1S/C21H24ClN5O3/c1-11-7-12(2)10-27(9-11)21-25-18-17(20(30)26-21)15(8-16(28)24-18)19(29)23-14-5-3-13(22)4-6-14/h3-6,11-12,15H,7-10H2,1-2H3,(H,23,29)(H2,24,25,26,28,30). The number of halogens is 1. The molecule has 0 saturated carbocycles. The Morgan fingerprint density at radius 3 is 2.50 bits per heavy atom. The summed E-state index contributed by atoms with van der Waals surface area (Å²) in [6.45, 7) is 5.89. The van der Waals surface area contributed by atoms with Crippen LogP contribution in [0.4, 0.5) is 17.5 Å². The number of rotatable bonds is 3. The highest BCUT2D eigenvalue weighted by Crippen LogP contribution is 2.31. The molecule has 2 aromatic rings. The average Bonchev–Trinajstić information content (AvgIpc) is 2.68. The molecule has 8 nitrogen and oxygen atoms in total. The highest BCUT2D eigenvalue weighted by molar-refractivity contribution is 6.30. The number of benzene rings is 1. The smallest absolute Gasteiger partial charge is 0.258 e. The van der Waals surface area contributed by atoms with Crippen LogP contribution in [0.3, 0.4) is 0 Å². The van der Waals surface area contributed by atoms with Gasteiger partial charge in [0.2, 0.25) is 17.8 Å². The molecule has 1 aromatic carbocycles. The Kier molecular flexibility index (Phi) is 5.51. The molecule has 2 aliphatic heterocycles. The summed E-state index contributed by atoms with van der Waals surface area (Å²) in [7, 11) is 0. The molecular formula is C21H24ClN5O3. The molecule has 0 bridgehead atoms. The molecule has 3 atom stereocenters. The maximum absolute atomic E-state index is 12.9. The van der Waals surface area contributed by atoms with Gasteiger partial charge in [-0.3, -0.25) is 19.4 Å². The Morgan fingerprint density at radius 2 is 1.83 bits per heavy atom. The van der Waals surface area contributed by atoms with E-state index in [-0.39, 0.29) is 23.7 Å². The molecule has 3 heterocycles. The first-order chi connectivity index (χ1) is 14.3. The third kappa shape index (κ3) is 4.18. The molecule has 1 saturated heterocycles. The predicted octanol–water partition coefficient (Wildman–Crippen LogP) is 2.97. The van der Waals surface area contributed by atoms with Gasteiger partial charge >= 0.3 is 0 Å². The number of H-pyrrole nitrogens is 1. The summed E-state index contributed by atoms with van der Waals surface area (Å²) in [4.78, 5) is 47.4. The molecule has 158 valence electrons. The number of carbonyl (C=O) groups excluding carboxylic acids is 2. The molecule has 2 aliphatic rings. The molecule has 30 heavy (non-hydrogen) atoms. The first-order valence-electron chi connectivity index (χ1n) is 10.1. The lowest BCUT2D eigenvalue weighted by Gasteiger charge is -2.35. The van der Waals surface area contributed by atoms with E-state index in [2.05, 4.69) is 34.4 Å². The fraction of sp³-hybridized carbons (Fsp3) is 0.429. The summed E-state index contributed by atoms with van der Waals surface area (Å²) in [6, 6.07) is 6.63. The number of aromatic amines is 1. The number of amides is 2. The van der Waals surface area contributed by atoms with Crippen molar-refractivity contribution in [3.8, 4) is 0 Å². The summed E-state index contributed by atoms with van der Waals surface area (Å²) >= 11 is 5.88. The minimum Gasteiger partial charge on any atom is -0.342 e. The van der Waals surface area contributed by atoms with E-state index in [0.29, 0.717) is 28.5 Å². The van der Waals surface area contributed by atoms with Crippen LogP contribution in [0.1, 0.15) is 38.2 Å². The zero-order valence-corrected chi connectivity index (χ0v) is 17.6. The zero-order chi connectivity index (χ0) is 21.4. The Labute approximate surface area is 179 Å². The van der Waals surface area contributed by atoms with Gasteiger partial charge in [0.05, 0.1) is 11.5 Å². The van der Waals surface area contributed by atoms with Gasteiger partial charge < -0.3 is 15.5 Å². The largest absolute Gasteiger partial charge is 0.342 e. The van der Waals surface area contributed by atoms with Crippen LogP contribution in [0.25, 0.3) is 0 Å². The quantitative estimate of drug-likeness (QED) is 0.695. The van der Waals surface area contributed by atoms with Gasteiger partial charge in [0.1, 0.15) is 5.82 Å². The van der Waals surface area contributed by atoms with Crippen molar-refractivity contribution in [2.24, 2.45) is 11.8 Å². The minimum atomic E-state index is -0.922. The van der Waals surface area contributed by atoms with Crippen molar-refractivity contribution in [2.75, 3.05) is 28.6 Å². The summed E-state index contributed by atoms with van der Waals surface area (Å²) in [5.41, 5.74) is 0.314. The second-order valence-corrected chi connectivity index (χ2v) is 8.74. The second kappa shape index (κ2) is 8.10. The summed E-state index contributed by atoms with van der Waals surface area (Å²) in [5.74, 6) is -0.167. The van der Waals surface area contributed by atoms with E-state index in [1.807, 2.05) is 4.90 Å².